The van der Waals surface area contributed by atoms with Gasteiger partial charge in [-0.15, -0.1) is 0 Å². The summed E-state index contributed by atoms with van der Waals surface area (Å²) in [5.74, 6) is -1.35. The second-order valence-corrected chi connectivity index (χ2v) is 7.37. The van der Waals surface area contributed by atoms with E-state index in [1.807, 2.05) is 6.92 Å². The van der Waals surface area contributed by atoms with Crippen LogP contribution in [0.25, 0.3) is 0 Å². The van der Waals surface area contributed by atoms with Gasteiger partial charge in [-0.25, -0.2) is 4.98 Å². The SMILES string of the molecule is C=C\C(=C/C=C(C)/C(OC)=C(/C=C)Nc1cnccn1)NC(=O)C1CCCCC1C(=O)O. The highest BCUT2D eigenvalue weighted by molar-refractivity contribution is 5.86. The fourth-order valence-electron chi connectivity index (χ4n) is 3.61. The van der Waals surface area contributed by atoms with Gasteiger partial charge in [-0.3, -0.25) is 14.6 Å². The van der Waals surface area contributed by atoms with Crippen molar-refractivity contribution in [2.45, 2.75) is 32.6 Å². The number of nitrogens with one attached hydrogen (secondary N) is 2. The van der Waals surface area contributed by atoms with Gasteiger partial charge in [-0.2, -0.15) is 0 Å². The molecule has 0 radical (unpaired) electrons. The van der Waals surface area contributed by atoms with Gasteiger partial charge in [0.2, 0.25) is 5.91 Å². The summed E-state index contributed by atoms with van der Waals surface area (Å²) in [6.45, 7) is 9.42. The Morgan fingerprint density at radius 2 is 1.88 bits per heavy atom. The molecule has 0 bridgehead atoms. The Labute approximate surface area is 188 Å². The second kappa shape index (κ2) is 12.2. The van der Waals surface area contributed by atoms with E-state index in [9.17, 15) is 14.7 Å². The van der Waals surface area contributed by atoms with Crippen LogP contribution >= 0.6 is 0 Å². The first-order valence-electron chi connectivity index (χ1n) is 10.4. The minimum Gasteiger partial charge on any atom is -0.494 e. The zero-order valence-electron chi connectivity index (χ0n) is 18.5. The predicted molar refractivity (Wildman–Crippen MR) is 123 cm³/mol. The molecule has 1 fully saturated rings. The van der Waals surface area contributed by atoms with Gasteiger partial charge in [0.1, 0.15) is 11.6 Å². The summed E-state index contributed by atoms with van der Waals surface area (Å²) in [6, 6.07) is 0. The van der Waals surface area contributed by atoms with Crippen molar-refractivity contribution in [3.05, 3.63) is 78.8 Å². The third-order valence-corrected chi connectivity index (χ3v) is 5.26. The Bertz CT molecular complexity index is 935. The van der Waals surface area contributed by atoms with Gasteiger partial charge in [0.05, 0.1) is 30.8 Å². The van der Waals surface area contributed by atoms with Crippen LogP contribution in [0.3, 0.4) is 0 Å². The van der Waals surface area contributed by atoms with Crippen molar-refractivity contribution in [3.8, 4) is 0 Å². The lowest BCUT2D eigenvalue weighted by atomic mass is 9.78. The summed E-state index contributed by atoms with van der Waals surface area (Å²) >= 11 is 0. The van der Waals surface area contributed by atoms with Crippen molar-refractivity contribution < 1.29 is 19.4 Å². The van der Waals surface area contributed by atoms with Crippen LogP contribution in [-0.2, 0) is 14.3 Å². The van der Waals surface area contributed by atoms with E-state index < -0.39 is 17.8 Å². The number of carbonyl (C=O) groups excluding carboxylic acids is 1. The van der Waals surface area contributed by atoms with E-state index >= 15 is 0 Å². The number of nitrogens with zero attached hydrogens (tertiary/aromatic N) is 2. The number of methoxy groups -OCH3 is 1. The monoisotopic (exact) mass is 438 g/mol. The topological polar surface area (TPSA) is 113 Å². The number of ether oxygens (including phenoxy) is 1. The van der Waals surface area contributed by atoms with Crippen LogP contribution in [0.4, 0.5) is 5.82 Å². The smallest absolute Gasteiger partial charge is 0.307 e. The maximum Gasteiger partial charge on any atom is 0.307 e. The van der Waals surface area contributed by atoms with E-state index in [1.165, 1.54) is 6.08 Å². The van der Waals surface area contributed by atoms with Crippen molar-refractivity contribution in [2.75, 3.05) is 12.4 Å². The van der Waals surface area contributed by atoms with Gasteiger partial charge < -0.3 is 20.5 Å². The summed E-state index contributed by atoms with van der Waals surface area (Å²) in [5.41, 5.74) is 1.83. The number of carboxylic acid groups (broad SMARTS) is 1. The molecule has 1 aromatic heterocycles. The molecule has 170 valence electrons. The first-order valence-corrected chi connectivity index (χ1v) is 10.4. The minimum absolute atomic E-state index is 0.298. The third-order valence-electron chi connectivity index (χ3n) is 5.26. The number of amides is 1. The van der Waals surface area contributed by atoms with Crippen LogP contribution < -0.4 is 10.6 Å². The number of carboxylic acids is 1. The van der Waals surface area contributed by atoms with Crippen LogP contribution in [-0.4, -0.2) is 34.1 Å². The number of hydrogen-bond donors (Lipinski definition) is 3. The van der Waals surface area contributed by atoms with E-state index in [1.54, 1.807) is 43.9 Å². The summed E-state index contributed by atoms with van der Waals surface area (Å²) in [5, 5.41) is 15.3. The molecule has 3 N–H and O–H groups in total. The molecule has 0 aromatic carbocycles. The molecule has 0 aliphatic heterocycles. The molecule has 1 heterocycles. The molecule has 2 rings (SSSR count). The molecule has 1 aliphatic rings. The molecule has 0 saturated heterocycles. The van der Waals surface area contributed by atoms with Gasteiger partial charge in [0.25, 0.3) is 0 Å². The first-order chi connectivity index (χ1) is 15.4. The Balaban J connectivity index is 2.20. The lowest BCUT2D eigenvalue weighted by molar-refractivity contribution is -0.148. The zero-order valence-corrected chi connectivity index (χ0v) is 18.5. The number of aliphatic carboxylic acids is 1. The van der Waals surface area contributed by atoms with E-state index in [0.717, 1.165) is 18.4 Å². The maximum absolute atomic E-state index is 12.7. The van der Waals surface area contributed by atoms with E-state index in [4.69, 9.17) is 4.74 Å². The summed E-state index contributed by atoms with van der Waals surface area (Å²) in [6.07, 6.45) is 14.1. The van der Waals surface area contributed by atoms with Crippen LogP contribution in [0.2, 0.25) is 0 Å². The van der Waals surface area contributed by atoms with Crippen LogP contribution in [0, 0.1) is 11.8 Å². The van der Waals surface area contributed by atoms with E-state index in [2.05, 4.69) is 33.8 Å². The van der Waals surface area contributed by atoms with Crippen molar-refractivity contribution in [1.29, 1.82) is 0 Å². The molecule has 8 heteroatoms. The average molecular weight is 439 g/mol. The van der Waals surface area contributed by atoms with Crippen molar-refractivity contribution >= 4 is 17.7 Å². The third kappa shape index (κ3) is 6.66. The Hall–Kier alpha value is -3.68. The number of anilines is 1. The molecular formula is C24H30N4O4. The first kappa shape index (κ1) is 24.6. The van der Waals surface area contributed by atoms with Crippen LogP contribution in [0.5, 0.6) is 0 Å². The molecule has 32 heavy (non-hydrogen) atoms. The lowest BCUT2D eigenvalue weighted by Gasteiger charge is -2.27. The van der Waals surface area contributed by atoms with Crippen LogP contribution in [0.15, 0.2) is 78.8 Å². The quantitative estimate of drug-likeness (QED) is 0.374. The van der Waals surface area contributed by atoms with Gasteiger partial charge >= 0.3 is 5.97 Å². The summed E-state index contributed by atoms with van der Waals surface area (Å²) in [7, 11) is 1.55. The van der Waals surface area contributed by atoms with Crippen molar-refractivity contribution in [2.24, 2.45) is 11.8 Å². The molecule has 2 atom stereocenters. The standard InChI is InChI=1S/C24H30N4O4/c1-5-17(27-23(29)18-9-7-8-10-19(18)24(30)31)12-11-16(3)22(32-4)20(6-2)28-21-15-25-13-14-26-21/h5-6,11-15,18-19H,1-2,7-10H2,3-4H3,(H,26,28)(H,27,29)(H,30,31)/b16-11+,17-12+,22-20+. The fraction of sp³-hybridized carbons (Fsp3) is 0.333. The maximum atomic E-state index is 12.7. The molecule has 8 nitrogen and oxygen atoms in total. The molecule has 1 saturated carbocycles. The molecule has 1 aliphatic carbocycles. The van der Waals surface area contributed by atoms with Gasteiger partial charge in [-0.05, 0) is 43.6 Å². The fourth-order valence-corrected chi connectivity index (χ4v) is 3.61. The van der Waals surface area contributed by atoms with Crippen molar-refractivity contribution in [1.82, 2.24) is 15.3 Å². The summed E-state index contributed by atoms with van der Waals surface area (Å²) < 4.78 is 5.54. The van der Waals surface area contributed by atoms with E-state index in [0.29, 0.717) is 35.8 Å². The van der Waals surface area contributed by atoms with Crippen LogP contribution in [0.1, 0.15) is 32.6 Å². The molecular weight excluding hydrogens is 408 g/mol. The normalized spacial score (nSPS) is 19.9. The zero-order chi connectivity index (χ0) is 23.5. The number of carbonyl (C=O) groups is 2. The highest BCUT2D eigenvalue weighted by Crippen LogP contribution is 2.30. The highest BCUT2D eigenvalue weighted by atomic mass is 16.5. The Morgan fingerprint density at radius 1 is 1.16 bits per heavy atom. The molecule has 0 spiro atoms. The molecule has 1 aromatic rings. The van der Waals surface area contributed by atoms with E-state index in [-0.39, 0.29) is 5.91 Å². The van der Waals surface area contributed by atoms with Gasteiger partial charge in [0, 0.05) is 18.1 Å². The Kier molecular flexibility index (Phi) is 9.41. The number of aromatic nitrogens is 2. The van der Waals surface area contributed by atoms with Crippen molar-refractivity contribution in [3.63, 3.8) is 0 Å². The lowest BCUT2D eigenvalue weighted by Crippen LogP contribution is -2.39. The number of hydrogen-bond acceptors (Lipinski definition) is 6. The minimum atomic E-state index is -0.924. The van der Waals surface area contributed by atoms with Gasteiger partial charge in [0.15, 0.2) is 0 Å². The Morgan fingerprint density at radius 3 is 2.44 bits per heavy atom. The highest BCUT2D eigenvalue weighted by Gasteiger charge is 2.35. The number of rotatable bonds is 10. The predicted octanol–water partition coefficient (Wildman–Crippen LogP) is 3.96. The summed E-state index contributed by atoms with van der Waals surface area (Å²) in [4.78, 5) is 32.4. The largest absolute Gasteiger partial charge is 0.494 e. The second-order valence-electron chi connectivity index (χ2n) is 7.37. The average Bonchev–Trinajstić information content (AvgIpc) is 2.81. The van der Waals surface area contributed by atoms with Gasteiger partial charge in [-0.1, -0.05) is 32.1 Å². The molecule has 1 amide bonds. The molecule has 2 unspecified atom stereocenters. The number of allylic oxidation sites excluding steroid dienone is 5.